The minimum Gasteiger partial charge on any atom is -0.244 e. The van der Waals surface area contributed by atoms with Gasteiger partial charge < -0.3 is 0 Å². The highest BCUT2D eigenvalue weighted by Crippen LogP contribution is 2.28. The van der Waals surface area contributed by atoms with E-state index >= 15 is 0 Å². The molecule has 0 aliphatic carbocycles. The molecule has 0 saturated heterocycles. The van der Waals surface area contributed by atoms with Crippen molar-refractivity contribution in [3.63, 3.8) is 0 Å². The lowest BCUT2D eigenvalue weighted by Gasteiger charge is -2.08. The van der Waals surface area contributed by atoms with Gasteiger partial charge in [0.25, 0.3) is 0 Å². The summed E-state index contributed by atoms with van der Waals surface area (Å²) in [7, 11) is 0. The van der Waals surface area contributed by atoms with Gasteiger partial charge in [-0.15, -0.1) is 0 Å². The Morgan fingerprint density at radius 1 is 0.619 bits per heavy atom. The predicted octanol–water partition coefficient (Wildman–Crippen LogP) is 4.76. The molecule has 0 N–H and O–H groups in total. The standard InChI is InChI=1S/C19H14N2/c1-13-7-5-11-16-18(13)21-19-15(10-6-12-17(19)20-16)14-8-3-2-4-9-14/h2-12H,1H3. The van der Waals surface area contributed by atoms with Crippen molar-refractivity contribution < 1.29 is 0 Å². The first kappa shape index (κ1) is 12.0. The number of hydrogen-bond donors (Lipinski definition) is 0. The van der Waals surface area contributed by atoms with E-state index in [1.165, 1.54) is 5.56 Å². The summed E-state index contributed by atoms with van der Waals surface area (Å²) < 4.78 is 0. The minimum atomic E-state index is 0.939. The molecule has 0 aliphatic heterocycles. The van der Waals surface area contributed by atoms with Crippen molar-refractivity contribution in [2.24, 2.45) is 0 Å². The highest BCUT2D eigenvalue weighted by Gasteiger charge is 2.08. The maximum Gasteiger partial charge on any atom is 0.0972 e. The van der Waals surface area contributed by atoms with Gasteiger partial charge in [0.05, 0.1) is 22.1 Å². The molecular formula is C19H14N2. The predicted molar refractivity (Wildman–Crippen MR) is 87.2 cm³/mol. The Hall–Kier alpha value is -2.74. The third-order valence-corrected chi connectivity index (χ3v) is 3.78. The van der Waals surface area contributed by atoms with Crippen molar-refractivity contribution >= 4 is 22.1 Å². The van der Waals surface area contributed by atoms with Crippen LogP contribution in [0.3, 0.4) is 0 Å². The number of rotatable bonds is 1. The van der Waals surface area contributed by atoms with Crippen molar-refractivity contribution in [1.82, 2.24) is 9.97 Å². The van der Waals surface area contributed by atoms with E-state index in [1.807, 2.05) is 42.5 Å². The Morgan fingerprint density at radius 3 is 2.14 bits per heavy atom. The Balaban J connectivity index is 2.11. The van der Waals surface area contributed by atoms with Crippen LogP contribution in [0.15, 0.2) is 66.7 Å². The van der Waals surface area contributed by atoms with E-state index in [9.17, 15) is 0 Å². The molecule has 4 rings (SSSR count). The normalized spacial score (nSPS) is 11.1. The van der Waals surface area contributed by atoms with Crippen molar-refractivity contribution in [3.05, 3.63) is 72.3 Å². The van der Waals surface area contributed by atoms with Crippen LogP contribution in [0.5, 0.6) is 0 Å². The molecular weight excluding hydrogens is 256 g/mol. The number of aromatic nitrogens is 2. The van der Waals surface area contributed by atoms with Crippen LogP contribution in [0.2, 0.25) is 0 Å². The molecule has 0 spiro atoms. The first-order valence-corrected chi connectivity index (χ1v) is 7.04. The van der Waals surface area contributed by atoms with Gasteiger partial charge in [-0.3, -0.25) is 0 Å². The third kappa shape index (κ3) is 1.96. The molecule has 0 fully saturated rings. The van der Waals surface area contributed by atoms with E-state index in [0.29, 0.717) is 0 Å². The highest BCUT2D eigenvalue weighted by atomic mass is 14.8. The zero-order valence-corrected chi connectivity index (χ0v) is 11.7. The second kappa shape index (κ2) is 4.67. The van der Waals surface area contributed by atoms with Gasteiger partial charge in [-0.05, 0) is 30.2 Å². The van der Waals surface area contributed by atoms with Crippen LogP contribution in [0, 0.1) is 6.92 Å². The van der Waals surface area contributed by atoms with E-state index in [0.717, 1.165) is 33.2 Å². The molecule has 1 heterocycles. The molecule has 2 nitrogen and oxygen atoms in total. The lowest BCUT2D eigenvalue weighted by Crippen LogP contribution is -1.92. The Morgan fingerprint density at radius 2 is 1.33 bits per heavy atom. The molecule has 0 atom stereocenters. The van der Waals surface area contributed by atoms with Crippen LogP contribution >= 0.6 is 0 Å². The molecule has 1 aromatic heterocycles. The Kier molecular flexibility index (Phi) is 2.68. The topological polar surface area (TPSA) is 25.8 Å². The second-order valence-corrected chi connectivity index (χ2v) is 5.21. The van der Waals surface area contributed by atoms with Crippen LogP contribution in [0.4, 0.5) is 0 Å². The Labute approximate surface area is 123 Å². The lowest BCUT2D eigenvalue weighted by atomic mass is 10.0. The summed E-state index contributed by atoms with van der Waals surface area (Å²) in [5.41, 5.74) is 7.29. The van der Waals surface area contributed by atoms with Crippen molar-refractivity contribution in [1.29, 1.82) is 0 Å². The lowest BCUT2D eigenvalue weighted by molar-refractivity contribution is 1.36. The number of benzene rings is 3. The molecule has 0 bridgehead atoms. The van der Waals surface area contributed by atoms with Crippen LogP contribution in [0.25, 0.3) is 33.2 Å². The fourth-order valence-corrected chi connectivity index (χ4v) is 2.71. The average Bonchev–Trinajstić information content (AvgIpc) is 2.54. The van der Waals surface area contributed by atoms with Crippen LogP contribution < -0.4 is 0 Å². The summed E-state index contributed by atoms with van der Waals surface area (Å²) in [5, 5.41) is 0. The largest absolute Gasteiger partial charge is 0.244 e. The summed E-state index contributed by atoms with van der Waals surface area (Å²) in [6.45, 7) is 2.08. The van der Waals surface area contributed by atoms with Crippen LogP contribution in [-0.4, -0.2) is 9.97 Å². The fourth-order valence-electron chi connectivity index (χ4n) is 2.71. The fraction of sp³-hybridized carbons (Fsp3) is 0.0526. The van der Waals surface area contributed by atoms with Crippen molar-refractivity contribution in [2.75, 3.05) is 0 Å². The van der Waals surface area contributed by atoms with Crippen LogP contribution in [0.1, 0.15) is 5.56 Å². The molecule has 0 unspecified atom stereocenters. The summed E-state index contributed by atoms with van der Waals surface area (Å²) in [5.74, 6) is 0. The SMILES string of the molecule is Cc1cccc2nc3cccc(-c4ccccc4)c3nc12. The summed E-state index contributed by atoms with van der Waals surface area (Å²) in [6, 6.07) is 22.6. The summed E-state index contributed by atoms with van der Waals surface area (Å²) >= 11 is 0. The number of para-hydroxylation sites is 2. The zero-order valence-electron chi connectivity index (χ0n) is 11.7. The van der Waals surface area contributed by atoms with Gasteiger partial charge in [0.1, 0.15) is 0 Å². The van der Waals surface area contributed by atoms with E-state index in [4.69, 9.17) is 9.97 Å². The molecule has 100 valence electrons. The average molecular weight is 270 g/mol. The van der Waals surface area contributed by atoms with Gasteiger partial charge in [0, 0.05) is 5.56 Å². The molecule has 0 saturated carbocycles. The first-order chi connectivity index (χ1) is 10.3. The van der Waals surface area contributed by atoms with Gasteiger partial charge in [-0.25, -0.2) is 9.97 Å². The van der Waals surface area contributed by atoms with E-state index in [1.54, 1.807) is 0 Å². The highest BCUT2D eigenvalue weighted by molar-refractivity contribution is 5.96. The second-order valence-electron chi connectivity index (χ2n) is 5.21. The monoisotopic (exact) mass is 270 g/mol. The van der Waals surface area contributed by atoms with Gasteiger partial charge >= 0.3 is 0 Å². The number of nitrogens with zero attached hydrogens (tertiary/aromatic N) is 2. The van der Waals surface area contributed by atoms with Crippen molar-refractivity contribution in [2.45, 2.75) is 6.92 Å². The maximum atomic E-state index is 4.89. The van der Waals surface area contributed by atoms with Gasteiger partial charge in [-0.2, -0.15) is 0 Å². The number of hydrogen-bond acceptors (Lipinski definition) is 2. The Bertz CT molecular complexity index is 943. The van der Waals surface area contributed by atoms with Gasteiger partial charge in [0.2, 0.25) is 0 Å². The molecule has 21 heavy (non-hydrogen) atoms. The smallest absolute Gasteiger partial charge is 0.0972 e. The van der Waals surface area contributed by atoms with E-state index in [-0.39, 0.29) is 0 Å². The zero-order chi connectivity index (χ0) is 14.2. The summed E-state index contributed by atoms with van der Waals surface area (Å²) in [6.07, 6.45) is 0. The maximum absolute atomic E-state index is 4.89. The molecule has 2 heteroatoms. The van der Waals surface area contributed by atoms with E-state index in [2.05, 4.69) is 31.2 Å². The van der Waals surface area contributed by atoms with Gasteiger partial charge in [-0.1, -0.05) is 54.6 Å². The number of aryl methyl sites for hydroxylation is 1. The summed E-state index contributed by atoms with van der Waals surface area (Å²) in [4.78, 5) is 9.65. The molecule has 0 aliphatic rings. The van der Waals surface area contributed by atoms with E-state index < -0.39 is 0 Å². The van der Waals surface area contributed by atoms with Crippen molar-refractivity contribution in [3.8, 4) is 11.1 Å². The minimum absolute atomic E-state index is 0.939. The third-order valence-electron chi connectivity index (χ3n) is 3.78. The quantitative estimate of drug-likeness (QED) is 0.466. The van der Waals surface area contributed by atoms with Gasteiger partial charge in [0.15, 0.2) is 0 Å². The number of fused-ring (bicyclic) bond motifs is 2. The molecule has 0 radical (unpaired) electrons. The molecule has 0 amide bonds. The first-order valence-electron chi connectivity index (χ1n) is 7.04. The molecule has 4 aromatic rings. The molecule has 3 aromatic carbocycles. The van der Waals surface area contributed by atoms with Crippen LogP contribution in [-0.2, 0) is 0 Å².